The number of hydrogen-bond donors (Lipinski definition) is 3. The molecule has 0 radical (unpaired) electrons. The van der Waals surface area contributed by atoms with E-state index in [0.29, 0.717) is 29.7 Å². The van der Waals surface area contributed by atoms with Crippen molar-refractivity contribution in [1.29, 1.82) is 0 Å². The van der Waals surface area contributed by atoms with E-state index in [0.717, 1.165) is 22.6 Å². The maximum absolute atomic E-state index is 14.3. The Morgan fingerprint density at radius 2 is 1.86 bits per heavy atom. The number of pyridine rings is 2. The van der Waals surface area contributed by atoms with E-state index >= 15 is 0 Å². The van der Waals surface area contributed by atoms with Gasteiger partial charge in [0.2, 0.25) is 0 Å². The summed E-state index contributed by atoms with van der Waals surface area (Å²) >= 11 is 1.71. The molecule has 0 saturated carbocycles. The molecule has 2 atom stereocenters. The van der Waals surface area contributed by atoms with E-state index in [1.807, 2.05) is 13.8 Å². The highest BCUT2D eigenvalue weighted by atomic mass is 32.2. The molecule has 3 aromatic rings. The molecule has 5 rings (SSSR count). The van der Waals surface area contributed by atoms with Gasteiger partial charge in [0, 0.05) is 39.5 Å². The fourth-order valence-corrected chi connectivity index (χ4v) is 5.74. The number of halogens is 3. The van der Waals surface area contributed by atoms with Crippen molar-refractivity contribution in [2.24, 2.45) is 7.05 Å². The average Bonchev–Trinajstić information content (AvgIpc) is 3.71. The van der Waals surface area contributed by atoms with Crippen LogP contribution in [0.15, 0.2) is 47.4 Å². The molecule has 0 bridgehead atoms. The van der Waals surface area contributed by atoms with Gasteiger partial charge >= 0.3 is 0 Å². The van der Waals surface area contributed by atoms with Gasteiger partial charge in [0.1, 0.15) is 28.5 Å². The molecule has 14 heteroatoms. The van der Waals surface area contributed by atoms with Crippen LogP contribution in [0.4, 0.5) is 24.8 Å². The lowest BCUT2D eigenvalue weighted by Gasteiger charge is -2.39. The van der Waals surface area contributed by atoms with E-state index < -0.39 is 42.2 Å². The number of likely N-dealkylation sites (tertiary alicyclic amines) is 1. The minimum absolute atomic E-state index is 0.0656. The largest absolute Gasteiger partial charge is 0.370 e. The molecule has 0 spiro atoms. The molecule has 2 fully saturated rings. The molecule has 2 aliphatic heterocycles. The zero-order chi connectivity index (χ0) is 31.8. The molecule has 0 aliphatic carbocycles. The van der Waals surface area contributed by atoms with Crippen molar-refractivity contribution in [1.82, 2.24) is 19.8 Å². The number of thioether (sulfide) groups is 1. The lowest BCUT2D eigenvalue weighted by Crippen LogP contribution is -2.58. The number of carbonyl (C=O) groups excluding carboxylic acids is 2. The monoisotopic (exact) mass is 630 g/mol. The van der Waals surface area contributed by atoms with Crippen LogP contribution in [-0.2, 0) is 18.3 Å². The number of methoxy groups -OCH3 is 1. The number of nitrogens with zero attached hydrogens (tertiary/aromatic N) is 3. The van der Waals surface area contributed by atoms with Crippen LogP contribution in [0.3, 0.4) is 0 Å². The van der Waals surface area contributed by atoms with Crippen LogP contribution >= 0.6 is 11.8 Å². The Morgan fingerprint density at radius 1 is 1.14 bits per heavy atom. The number of alkyl halides is 2. The number of benzene rings is 1. The molecule has 3 N–H and O–H groups in total. The Labute approximate surface area is 256 Å². The van der Waals surface area contributed by atoms with Crippen LogP contribution in [0.1, 0.15) is 40.1 Å². The zero-order valence-corrected chi connectivity index (χ0v) is 25.4. The summed E-state index contributed by atoms with van der Waals surface area (Å²) in [4.78, 5) is 44.8. The third kappa shape index (κ3) is 7.25. The molecule has 234 valence electrons. The normalized spacial score (nSPS) is 18.6. The molecule has 2 unspecified atom stereocenters. The Hall–Kier alpha value is -3.88. The molecule has 2 amide bonds. The first-order chi connectivity index (χ1) is 20.8. The van der Waals surface area contributed by atoms with E-state index in [1.165, 1.54) is 22.8 Å². The first kappa shape index (κ1) is 31.5. The van der Waals surface area contributed by atoms with Gasteiger partial charge < -0.3 is 30.2 Å². The standard InChI is InChI=1S/C30H33F3N6O4S/c1-16(2)35-24-8-18(20-6-5-19(31)10-21(20)28(42)39-14-30(32,33)15-39)9-25(36-24)37-26(40)22-7-17(13-38(3)27(22)41)11-34-12-23-29(43-4)44-23/h5-10,13,16,23,29,34H,11-12,14-15H2,1-4H3,(H2,35,36,37,40). The summed E-state index contributed by atoms with van der Waals surface area (Å²) in [5.74, 6) is -4.72. The number of amides is 2. The molecular weight excluding hydrogens is 597 g/mol. The van der Waals surface area contributed by atoms with Crippen LogP contribution in [0.2, 0.25) is 0 Å². The minimum Gasteiger partial charge on any atom is -0.370 e. The summed E-state index contributed by atoms with van der Waals surface area (Å²) in [6, 6.07) is 8.09. The van der Waals surface area contributed by atoms with E-state index in [-0.39, 0.29) is 34.0 Å². The molecule has 4 heterocycles. The Balaban J connectivity index is 1.42. The second-order valence-electron chi connectivity index (χ2n) is 11.2. The van der Waals surface area contributed by atoms with Gasteiger partial charge in [-0.1, -0.05) is 6.07 Å². The Kier molecular flexibility index (Phi) is 9.05. The average molecular weight is 631 g/mol. The fraction of sp³-hybridized carbons (Fsp3) is 0.400. The number of ether oxygens (including phenoxy) is 1. The van der Waals surface area contributed by atoms with Gasteiger partial charge in [-0.2, -0.15) is 0 Å². The van der Waals surface area contributed by atoms with Crippen molar-refractivity contribution in [3.63, 3.8) is 0 Å². The number of anilines is 2. The molecule has 1 aromatic carbocycles. The first-order valence-electron chi connectivity index (χ1n) is 14.0. The van der Waals surface area contributed by atoms with Crippen molar-refractivity contribution in [2.45, 2.75) is 43.0 Å². The number of aromatic nitrogens is 2. The molecule has 44 heavy (non-hydrogen) atoms. The highest BCUT2D eigenvalue weighted by Crippen LogP contribution is 2.41. The predicted octanol–water partition coefficient (Wildman–Crippen LogP) is 3.93. The van der Waals surface area contributed by atoms with Crippen LogP contribution < -0.4 is 21.5 Å². The number of nitrogens with one attached hydrogen (secondary N) is 3. The lowest BCUT2D eigenvalue weighted by molar-refractivity contribution is -0.113. The quantitative estimate of drug-likeness (QED) is 0.273. The second-order valence-corrected chi connectivity index (χ2v) is 12.5. The van der Waals surface area contributed by atoms with E-state index in [1.54, 1.807) is 38.2 Å². The zero-order valence-electron chi connectivity index (χ0n) is 24.6. The van der Waals surface area contributed by atoms with Gasteiger partial charge in [0.15, 0.2) is 0 Å². The van der Waals surface area contributed by atoms with Gasteiger partial charge in [0.05, 0.1) is 23.9 Å². The van der Waals surface area contributed by atoms with E-state index in [4.69, 9.17) is 4.74 Å². The van der Waals surface area contributed by atoms with Crippen LogP contribution in [0, 0.1) is 5.82 Å². The smallest absolute Gasteiger partial charge is 0.282 e. The summed E-state index contributed by atoms with van der Waals surface area (Å²) in [5, 5.41) is 9.49. The summed E-state index contributed by atoms with van der Waals surface area (Å²) in [5.41, 5.74) is 0.855. The molecule has 2 aliphatic rings. The minimum atomic E-state index is -2.99. The molecule has 2 aromatic heterocycles. The second kappa shape index (κ2) is 12.6. The molecular formula is C30H33F3N6O4S. The van der Waals surface area contributed by atoms with E-state index in [2.05, 4.69) is 20.9 Å². The van der Waals surface area contributed by atoms with Crippen molar-refractivity contribution in [2.75, 3.05) is 37.4 Å². The third-order valence-corrected chi connectivity index (χ3v) is 8.32. The molecule has 2 saturated heterocycles. The van der Waals surface area contributed by atoms with Crippen molar-refractivity contribution < 1.29 is 27.5 Å². The SMILES string of the molecule is COC1SC1CNCc1cc(C(=O)Nc2cc(-c3ccc(F)cc3C(=O)N3CC(F)(F)C3)cc(NC(C)C)n2)c(=O)n(C)c1. The van der Waals surface area contributed by atoms with Crippen LogP contribution in [0.5, 0.6) is 0 Å². The van der Waals surface area contributed by atoms with Crippen molar-refractivity contribution in [3.8, 4) is 11.1 Å². The first-order valence-corrected chi connectivity index (χ1v) is 14.9. The van der Waals surface area contributed by atoms with Gasteiger partial charge in [-0.25, -0.2) is 18.2 Å². The van der Waals surface area contributed by atoms with Crippen molar-refractivity contribution in [3.05, 3.63) is 75.5 Å². The number of rotatable bonds is 11. The fourth-order valence-electron chi connectivity index (χ4n) is 4.95. The van der Waals surface area contributed by atoms with E-state index in [9.17, 15) is 27.6 Å². The van der Waals surface area contributed by atoms with Gasteiger partial charge in [-0.3, -0.25) is 14.4 Å². The Bertz CT molecular complexity index is 1640. The summed E-state index contributed by atoms with van der Waals surface area (Å²) in [7, 11) is 3.22. The van der Waals surface area contributed by atoms with Gasteiger partial charge in [0.25, 0.3) is 23.3 Å². The maximum atomic E-state index is 14.3. The highest BCUT2D eigenvalue weighted by Gasteiger charge is 2.46. The van der Waals surface area contributed by atoms with Crippen molar-refractivity contribution >= 4 is 35.2 Å². The summed E-state index contributed by atoms with van der Waals surface area (Å²) in [6.07, 6.45) is 1.66. The Morgan fingerprint density at radius 3 is 2.52 bits per heavy atom. The number of hydrogen-bond acceptors (Lipinski definition) is 8. The summed E-state index contributed by atoms with van der Waals surface area (Å²) in [6.45, 7) is 3.40. The van der Waals surface area contributed by atoms with Crippen LogP contribution in [-0.4, -0.2) is 75.7 Å². The number of aryl methyl sites for hydroxylation is 1. The topological polar surface area (TPSA) is 118 Å². The van der Waals surface area contributed by atoms with Crippen LogP contribution in [0.25, 0.3) is 11.1 Å². The summed E-state index contributed by atoms with van der Waals surface area (Å²) < 4.78 is 47.9. The molecule has 10 nitrogen and oxygen atoms in total. The lowest BCUT2D eigenvalue weighted by atomic mass is 9.97. The van der Waals surface area contributed by atoms with Gasteiger partial charge in [-0.15, -0.1) is 11.8 Å². The highest BCUT2D eigenvalue weighted by molar-refractivity contribution is 8.07. The maximum Gasteiger partial charge on any atom is 0.282 e. The number of carbonyl (C=O) groups is 2. The third-order valence-electron chi connectivity index (χ3n) is 7.09. The predicted molar refractivity (Wildman–Crippen MR) is 163 cm³/mol. The van der Waals surface area contributed by atoms with Gasteiger partial charge in [-0.05, 0) is 60.9 Å².